The number of para-hydroxylation sites is 1. The van der Waals surface area contributed by atoms with Crippen molar-refractivity contribution in [1.29, 1.82) is 5.26 Å². The number of carbonyl (C=O) groups excluding carboxylic acids is 2. The molecule has 1 aliphatic rings. The van der Waals surface area contributed by atoms with Crippen molar-refractivity contribution in [2.45, 2.75) is 25.3 Å². The van der Waals surface area contributed by atoms with Crippen molar-refractivity contribution in [3.63, 3.8) is 0 Å². The molecule has 0 saturated heterocycles. The van der Waals surface area contributed by atoms with E-state index >= 15 is 0 Å². The summed E-state index contributed by atoms with van der Waals surface area (Å²) in [6.45, 7) is 0. The van der Waals surface area contributed by atoms with Crippen molar-refractivity contribution in [2.24, 2.45) is 0 Å². The van der Waals surface area contributed by atoms with Crippen molar-refractivity contribution in [3.8, 4) is 6.07 Å². The van der Waals surface area contributed by atoms with Gasteiger partial charge in [-0.25, -0.2) is 4.98 Å². The van der Waals surface area contributed by atoms with E-state index in [4.69, 9.17) is 0 Å². The first-order valence-corrected chi connectivity index (χ1v) is 7.53. The Morgan fingerprint density at radius 2 is 2.04 bits per heavy atom. The summed E-state index contributed by atoms with van der Waals surface area (Å²) in [4.78, 5) is 28.4. The van der Waals surface area contributed by atoms with E-state index in [1.54, 1.807) is 12.3 Å². The van der Waals surface area contributed by atoms with E-state index in [2.05, 4.69) is 11.1 Å². The number of ketones is 2. The minimum absolute atomic E-state index is 0.00214. The summed E-state index contributed by atoms with van der Waals surface area (Å²) in [5.74, 6) is -0.0780. The number of hydrogen-bond donors (Lipinski definition) is 0. The molecule has 112 valence electrons. The first-order chi connectivity index (χ1) is 11.2. The fourth-order valence-corrected chi connectivity index (χ4v) is 3.45. The van der Waals surface area contributed by atoms with Crippen LogP contribution in [-0.2, 0) is 9.59 Å². The number of hydrogen-bond acceptors (Lipinski definition) is 4. The normalized spacial score (nSPS) is 18.5. The van der Waals surface area contributed by atoms with Gasteiger partial charge in [-0.15, -0.1) is 0 Å². The molecule has 3 aromatic rings. The van der Waals surface area contributed by atoms with Crippen LogP contribution in [0, 0.1) is 11.3 Å². The zero-order valence-electron chi connectivity index (χ0n) is 12.3. The second-order valence-corrected chi connectivity index (χ2v) is 5.79. The van der Waals surface area contributed by atoms with E-state index in [1.807, 2.05) is 28.8 Å². The van der Waals surface area contributed by atoms with Gasteiger partial charge >= 0.3 is 0 Å². The van der Waals surface area contributed by atoms with Gasteiger partial charge in [-0.05, 0) is 18.6 Å². The van der Waals surface area contributed by atoms with Gasteiger partial charge in [0, 0.05) is 23.4 Å². The largest absolute Gasteiger partial charge is 0.315 e. The Bertz CT molecular complexity index is 1010. The van der Waals surface area contributed by atoms with Gasteiger partial charge < -0.3 is 4.57 Å². The number of Topliss-reactive ketones (excluding diaryl/α,β-unsaturated/α-hetero) is 2. The molecule has 1 aliphatic carbocycles. The van der Waals surface area contributed by atoms with E-state index < -0.39 is 6.04 Å². The molecular weight excluding hydrogens is 290 g/mol. The van der Waals surface area contributed by atoms with Crippen LogP contribution in [0.3, 0.4) is 0 Å². The zero-order chi connectivity index (χ0) is 16.0. The molecule has 1 aromatic carbocycles. The zero-order valence-corrected chi connectivity index (χ0v) is 12.3. The van der Waals surface area contributed by atoms with Crippen LogP contribution in [0.1, 0.15) is 30.9 Å². The summed E-state index contributed by atoms with van der Waals surface area (Å²) >= 11 is 0. The summed E-state index contributed by atoms with van der Waals surface area (Å²) in [6.07, 6.45) is 2.47. The Labute approximate surface area is 132 Å². The van der Waals surface area contributed by atoms with Crippen LogP contribution < -0.4 is 0 Å². The van der Waals surface area contributed by atoms with Gasteiger partial charge in [-0.1, -0.05) is 18.2 Å². The highest BCUT2D eigenvalue weighted by Gasteiger charge is 2.31. The standard InChI is InChI=1S/C18H13N3O2/c19-10-11-7-8-20-18-17(11)13-3-1-2-4-14(13)21(18)15-6-5-12(22)9-16(15)23/h1-4,7-8,15H,5-6,9H2. The topological polar surface area (TPSA) is 75.8 Å². The van der Waals surface area contributed by atoms with Crippen LogP contribution in [0.2, 0.25) is 0 Å². The monoisotopic (exact) mass is 303 g/mol. The molecule has 4 rings (SSSR count). The predicted octanol–water partition coefficient (Wildman–Crippen LogP) is 2.92. The maximum absolute atomic E-state index is 12.4. The smallest absolute Gasteiger partial charge is 0.163 e. The summed E-state index contributed by atoms with van der Waals surface area (Å²) in [6, 6.07) is 11.2. The third-order valence-electron chi connectivity index (χ3n) is 4.46. The Morgan fingerprint density at radius 1 is 1.22 bits per heavy atom. The highest BCUT2D eigenvalue weighted by molar-refractivity contribution is 6.11. The minimum Gasteiger partial charge on any atom is -0.315 e. The van der Waals surface area contributed by atoms with E-state index in [0.717, 1.165) is 16.3 Å². The van der Waals surface area contributed by atoms with Crippen LogP contribution in [0.4, 0.5) is 0 Å². The van der Waals surface area contributed by atoms with Gasteiger partial charge in [0.25, 0.3) is 0 Å². The molecular formula is C18H13N3O2. The highest BCUT2D eigenvalue weighted by Crippen LogP contribution is 2.35. The van der Waals surface area contributed by atoms with Crippen LogP contribution in [-0.4, -0.2) is 21.1 Å². The molecule has 2 aromatic heterocycles. The fraction of sp³-hybridized carbons (Fsp3) is 0.222. The maximum atomic E-state index is 12.4. The second kappa shape index (κ2) is 5.03. The molecule has 0 aliphatic heterocycles. The Kier molecular flexibility index (Phi) is 2.98. The minimum atomic E-state index is -0.392. The lowest BCUT2D eigenvalue weighted by atomic mass is 9.92. The number of rotatable bonds is 1. The van der Waals surface area contributed by atoms with Crippen molar-refractivity contribution >= 4 is 33.5 Å². The molecule has 2 heterocycles. The molecule has 5 nitrogen and oxygen atoms in total. The van der Waals surface area contributed by atoms with Crippen molar-refractivity contribution in [3.05, 3.63) is 42.1 Å². The molecule has 0 spiro atoms. The van der Waals surface area contributed by atoms with E-state index in [-0.39, 0.29) is 18.0 Å². The lowest BCUT2D eigenvalue weighted by molar-refractivity contribution is -0.131. The second-order valence-electron chi connectivity index (χ2n) is 5.79. The average Bonchev–Trinajstić information content (AvgIpc) is 2.90. The summed E-state index contributed by atoms with van der Waals surface area (Å²) in [7, 11) is 0. The van der Waals surface area contributed by atoms with Gasteiger partial charge in [0.15, 0.2) is 5.78 Å². The predicted molar refractivity (Wildman–Crippen MR) is 84.9 cm³/mol. The lowest BCUT2D eigenvalue weighted by Gasteiger charge is -2.22. The Hall–Kier alpha value is -3.00. The first-order valence-electron chi connectivity index (χ1n) is 7.53. The first kappa shape index (κ1) is 13.6. The SMILES string of the molecule is N#Cc1ccnc2c1c1ccccc1n2C1CCC(=O)CC1=O. The Balaban J connectivity index is 2.08. The molecule has 1 fully saturated rings. The fourth-order valence-electron chi connectivity index (χ4n) is 3.45. The highest BCUT2D eigenvalue weighted by atomic mass is 16.2. The van der Waals surface area contributed by atoms with E-state index in [1.165, 1.54) is 0 Å². The molecule has 1 unspecified atom stereocenters. The maximum Gasteiger partial charge on any atom is 0.163 e. The molecule has 0 amide bonds. The van der Waals surface area contributed by atoms with Crippen molar-refractivity contribution in [1.82, 2.24) is 9.55 Å². The number of nitrogens with zero attached hydrogens (tertiary/aromatic N) is 3. The molecule has 1 atom stereocenters. The van der Waals surface area contributed by atoms with Crippen LogP contribution in [0.15, 0.2) is 36.5 Å². The molecule has 1 saturated carbocycles. The van der Waals surface area contributed by atoms with Gasteiger partial charge in [0.1, 0.15) is 11.4 Å². The number of aromatic nitrogens is 2. The summed E-state index contributed by atoms with van der Waals surface area (Å²) in [5.41, 5.74) is 2.06. The van der Waals surface area contributed by atoms with Gasteiger partial charge in [0.2, 0.25) is 0 Å². The number of carbonyl (C=O) groups is 2. The van der Waals surface area contributed by atoms with Gasteiger partial charge in [-0.3, -0.25) is 9.59 Å². The number of pyridine rings is 1. The molecule has 0 radical (unpaired) electrons. The van der Waals surface area contributed by atoms with Crippen LogP contribution >= 0.6 is 0 Å². The van der Waals surface area contributed by atoms with Crippen LogP contribution in [0.25, 0.3) is 21.9 Å². The molecule has 23 heavy (non-hydrogen) atoms. The van der Waals surface area contributed by atoms with Gasteiger partial charge in [0.05, 0.1) is 29.6 Å². The Morgan fingerprint density at radius 3 is 2.83 bits per heavy atom. The summed E-state index contributed by atoms with van der Waals surface area (Å²) in [5, 5.41) is 11.1. The third kappa shape index (κ3) is 1.95. The van der Waals surface area contributed by atoms with E-state index in [0.29, 0.717) is 24.1 Å². The number of fused-ring (bicyclic) bond motifs is 3. The molecule has 0 bridgehead atoms. The molecule has 5 heteroatoms. The quantitative estimate of drug-likeness (QED) is 0.648. The van der Waals surface area contributed by atoms with Crippen LogP contribution in [0.5, 0.6) is 0 Å². The summed E-state index contributed by atoms with van der Waals surface area (Å²) < 4.78 is 1.90. The average molecular weight is 303 g/mol. The molecule has 0 N–H and O–H groups in total. The van der Waals surface area contributed by atoms with E-state index in [9.17, 15) is 14.9 Å². The van der Waals surface area contributed by atoms with Crippen molar-refractivity contribution in [2.75, 3.05) is 0 Å². The lowest BCUT2D eigenvalue weighted by Crippen LogP contribution is -2.27. The van der Waals surface area contributed by atoms with Crippen molar-refractivity contribution < 1.29 is 9.59 Å². The number of nitriles is 1. The number of benzene rings is 1. The third-order valence-corrected chi connectivity index (χ3v) is 4.46. The van der Waals surface area contributed by atoms with Gasteiger partial charge in [-0.2, -0.15) is 5.26 Å².